The second kappa shape index (κ2) is 10.6. The van der Waals surface area contributed by atoms with E-state index in [1.54, 1.807) is 37.3 Å². The summed E-state index contributed by atoms with van der Waals surface area (Å²) >= 11 is 0. The summed E-state index contributed by atoms with van der Waals surface area (Å²) in [6, 6.07) is 16.8. The van der Waals surface area contributed by atoms with Crippen LogP contribution in [0.5, 0.6) is 0 Å². The van der Waals surface area contributed by atoms with Crippen molar-refractivity contribution in [1.29, 1.82) is 0 Å². The number of sulfone groups is 1. The second-order valence-corrected chi connectivity index (χ2v) is 14.2. The van der Waals surface area contributed by atoms with Gasteiger partial charge in [0.2, 0.25) is 0 Å². The van der Waals surface area contributed by atoms with Crippen molar-refractivity contribution in [2.75, 3.05) is 6.26 Å². The highest BCUT2D eigenvalue weighted by atomic mass is 32.2. The predicted molar refractivity (Wildman–Crippen MR) is 163 cm³/mol. The number of aryl methyl sites for hydroxylation is 2. The number of rotatable bonds is 7. The van der Waals surface area contributed by atoms with Crippen LogP contribution in [0.2, 0.25) is 0 Å². The Bertz CT molecular complexity index is 1710. The highest BCUT2D eigenvalue weighted by Crippen LogP contribution is 2.38. The van der Waals surface area contributed by atoms with Crippen molar-refractivity contribution in [1.82, 2.24) is 14.5 Å². The van der Waals surface area contributed by atoms with Crippen LogP contribution in [0, 0.1) is 12.7 Å². The van der Waals surface area contributed by atoms with E-state index in [1.165, 1.54) is 12.3 Å². The fraction of sp³-hybridized carbons (Fsp3) is 0.424. The number of pyridine rings is 1. The molecule has 5 rings (SSSR count). The van der Waals surface area contributed by atoms with Crippen LogP contribution >= 0.6 is 0 Å². The van der Waals surface area contributed by atoms with Gasteiger partial charge in [-0.3, -0.25) is 9.88 Å². The standard InChI is InChI=1S/C33H40FN3O3S/c1-20(2)37-21(3)8-12-25(37)19-33(5,38)24-11-15-27(29(34)16-24)30-18-32-28(22(4)35-30)17-31(36(32)6)23-9-13-26(14-10-23)41(7,39)40/h9-11,13-18,20-21,25,38H,8,12,19H2,1-7H3. The molecule has 3 unspecified atom stereocenters. The third-order valence-corrected chi connectivity index (χ3v) is 9.88. The van der Waals surface area contributed by atoms with Crippen LogP contribution in [0.3, 0.4) is 0 Å². The van der Waals surface area contributed by atoms with Crippen molar-refractivity contribution in [3.63, 3.8) is 0 Å². The van der Waals surface area contributed by atoms with Gasteiger partial charge in [0, 0.05) is 53.8 Å². The molecule has 6 nitrogen and oxygen atoms in total. The lowest BCUT2D eigenvalue weighted by Gasteiger charge is -2.36. The van der Waals surface area contributed by atoms with Gasteiger partial charge in [-0.1, -0.05) is 18.2 Å². The molecule has 0 spiro atoms. The van der Waals surface area contributed by atoms with Crippen molar-refractivity contribution >= 4 is 20.7 Å². The van der Waals surface area contributed by atoms with Gasteiger partial charge in [0.1, 0.15) is 5.82 Å². The number of benzene rings is 2. The lowest BCUT2D eigenvalue weighted by Crippen LogP contribution is -2.43. The highest BCUT2D eigenvalue weighted by Gasteiger charge is 2.37. The Morgan fingerprint density at radius 3 is 2.39 bits per heavy atom. The first-order valence-electron chi connectivity index (χ1n) is 14.2. The van der Waals surface area contributed by atoms with E-state index in [1.807, 2.05) is 36.7 Å². The summed E-state index contributed by atoms with van der Waals surface area (Å²) in [5.74, 6) is -0.416. The fourth-order valence-electron chi connectivity index (χ4n) is 6.64. The van der Waals surface area contributed by atoms with E-state index >= 15 is 4.39 Å². The molecule has 8 heteroatoms. The van der Waals surface area contributed by atoms with Crippen LogP contribution in [0.25, 0.3) is 33.4 Å². The number of hydrogen-bond acceptors (Lipinski definition) is 5. The molecule has 1 N–H and O–H groups in total. The van der Waals surface area contributed by atoms with Gasteiger partial charge in [0.05, 0.1) is 21.7 Å². The first-order valence-corrected chi connectivity index (χ1v) is 16.1. The van der Waals surface area contributed by atoms with Crippen molar-refractivity contribution in [2.24, 2.45) is 7.05 Å². The van der Waals surface area contributed by atoms with E-state index < -0.39 is 21.3 Å². The molecule has 1 aliphatic heterocycles. The summed E-state index contributed by atoms with van der Waals surface area (Å²) in [6.45, 7) is 10.3. The molecule has 3 heterocycles. The van der Waals surface area contributed by atoms with Crippen LogP contribution in [-0.4, -0.2) is 52.4 Å². The Labute approximate surface area is 242 Å². The summed E-state index contributed by atoms with van der Waals surface area (Å²) in [5.41, 5.74) is 3.77. The van der Waals surface area contributed by atoms with Gasteiger partial charge in [-0.2, -0.15) is 0 Å². The minimum absolute atomic E-state index is 0.253. The van der Waals surface area contributed by atoms with E-state index in [-0.39, 0.29) is 10.9 Å². The summed E-state index contributed by atoms with van der Waals surface area (Å²) in [5, 5.41) is 12.4. The Hall–Kier alpha value is -3.07. The molecule has 0 amide bonds. The van der Waals surface area contributed by atoms with E-state index in [2.05, 4.69) is 25.7 Å². The number of halogens is 1. The van der Waals surface area contributed by atoms with Gasteiger partial charge >= 0.3 is 0 Å². The van der Waals surface area contributed by atoms with Gasteiger partial charge in [-0.25, -0.2) is 12.8 Å². The van der Waals surface area contributed by atoms with Crippen molar-refractivity contribution < 1.29 is 17.9 Å². The van der Waals surface area contributed by atoms with Crippen LogP contribution in [0.1, 0.15) is 58.2 Å². The molecule has 0 bridgehead atoms. The molecule has 2 aromatic carbocycles. The van der Waals surface area contributed by atoms with Crippen LogP contribution < -0.4 is 0 Å². The van der Waals surface area contributed by atoms with Gasteiger partial charge < -0.3 is 9.67 Å². The molecular weight excluding hydrogens is 537 g/mol. The molecule has 0 radical (unpaired) electrons. The molecule has 2 aromatic heterocycles. The molecule has 3 atom stereocenters. The maximum absolute atomic E-state index is 15.7. The van der Waals surface area contributed by atoms with E-state index in [9.17, 15) is 13.5 Å². The number of aliphatic hydroxyl groups is 1. The average molecular weight is 578 g/mol. The van der Waals surface area contributed by atoms with Crippen molar-refractivity contribution in [2.45, 2.75) is 82.5 Å². The minimum atomic E-state index is -3.28. The molecule has 218 valence electrons. The molecule has 1 aliphatic rings. The normalized spacial score (nSPS) is 19.8. The number of fused-ring (bicyclic) bond motifs is 1. The third-order valence-electron chi connectivity index (χ3n) is 8.75. The van der Waals surface area contributed by atoms with Crippen molar-refractivity contribution in [3.8, 4) is 22.5 Å². The zero-order chi connectivity index (χ0) is 29.9. The lowest BCUT2D eigenvalue weighted by molar-refractivity contribution is 0.0115. The molecule has 1 saturated heterocycles. The number of hydrogen-bond donors (Lipinski definition) is 1. The Morgan fingerprint density at radius 1 is 1.10 bits per heavy atom. The molecule has 1 fully saturated rings. The van der Waals surface area contributed by atoms with Crippen LogP contribution in [0.4, 0.5) is 4.39 Å². The van der Waals surface area contributed by atoms with Gasteiger partial charge in [-0.15, -0.1) is 0 Å². The topological polar surface area (TPSA) is 75.4 Å². The zero-order valence-corrected chi connectivity index (χ0v) is 25.8. The monoisotopic (exact) mass is 577 g/mol. The van der Waals surface area contributed by atoms with Gasteiger partial charge in [0.15, 0.2) is 9.84 Å². The van der Waals surface area contributed by atoms with E-state index in [0.717, 1.165) is 40.7 Å². The fourth-order valence-corrected chi connectivity index (χ4v) is 7.27. The molecule has 0 saturated carbocycles. The molecule has 0 aliphatic carbocycles. The smallest absolute Gasteiger partial charge is 0.175 e. The average Bonchev–Trinajstić information content (AvgIpc) is 3.42. The number of nitrogens with zero attached hydrogens (tertiary/aromatic N) is 3. The maximum Gasteiger partial charge on any atom is 0.175 e. The summed E-state index contributed by atoms with van der Waals surface area (Å²) in [7, 11) is -1.34. The Morgan fingerprint density at radius 2 is 1.78 bits per heavy atom. The quantitative estimate of drug-likeness (QED) is 0.267. The summed E-state index contributed by atoms with van der Waals surface area (Å²) in [6.07, 6.45) is 3.87. The second-order valence-electron chi connectivity index (χ2n) is 12.2. The summed E-state index contributed by atoms with van der Waals surface area (Å²) in [4.78, 5) is 7.48. The zero-order valence-electron chi connectivity index (χ0n) is 24.9. The number of aromatic nitrogens is 2. The minimum Gasteiger partial charge on any atom is -0.385 e. The lowest BCUT2D eigenvalue weighted by atomic mass is 9.87. The third kappa shape index (κ3) is 5.57. The first kappa shape index (κ1) is 29.4. The van der Waals surface area contributed by atoms with E-state index in [0.29, 0.717) is 35.3 Å². The van der Waals surface area contributed by atoms with E-state index in [4.69, 9.17) is 4.98 Å². The molecule has 41 heavy (non-hydrogen) atoms. The highest BCUT2D eigenvalue weighted by molar-refractivity contribution is 7.90. The molecular formula is C33H40FN3O3S. The first-order chi connectivity index (χ1) is 19.2. The van der Waals surface area contributed by atoms with Gasteiger partial charge in [0.25, 0.3) is 0 Å². The van der Waals surface area contributed by atoms with Gasteiger partial charge in [-0.05, 0) is 101 Å². The van der Waals surface area contributed by atoms with Crippen LogP contribution in [-0.2, 0) is 22.5 Å². The Balaban J connectivity index is 1.46. The number of likely N-dealkylation sites (tertiary alicyclic amines) is 1. The largest absolute Gasteiger partial charge is 0.385 e. The Kier molecular flexibility index (Phi) is 7.64. The molecule has 4 aromatic rings. The SMILES string of the molecule is Cc1nc(-c2ccc(C(C)(O)CC3CCC(C)N3C(C)C)cc2F)cc2c1cc(-c1ccc(S(C)(=O)=O)cc1)n2C. The van der Waals surface area contributed by atoms with Crippen LogP contribution in [0.15, 0.2) is 59.5 Å². The predicted octanol–water partition coefficient (Wildman–Crippen LogP) is 6.62. The maximum atomic E-state index is 15.7. The summed E-state index contributed by atoms with van der Waals surface area (Å²) < 4.78 is 41.4. The van der Waals surface area contributed by atoms with Crippen molar-refractivity contribution in [3.05, 3.63) is 71.7 Å².